The van der Waals surface area contributed by atoms with Crippen LogP contribution >= 0.6 is 0 Å². The van der Waals surface area contributed by atoms with Crippen LogP contribution in [0.1, 0.15) is 17.4 Å². The highest BCUT2D eigenvalue weighted by atomic mass is 16.5. The van der Waals surface area contributed by atoms with Crippen LogP contribution in [0.15, 0.2) is 60.8 Å². The average molecular weight is 365 g/mol. The number of pyridine rings is 2. The van der Waals surface area contributed by atoms with Crippen molar-refractivity contribution in [3.63, 3.8) is 0 Å². The summed E-state index contributed by atoms with van der Waals surface area (Å²) < 4.78 is 5.69. The molecule has 0 bridgehead atoms. The highest BCUT2D eigenvalue weighted by Crippen LogP contribution is 2.25. The zero-order valence-corrected chi connectivity index (χ0v) is 14.6. The number of nitrogens with two attached hydrogens (primary N) is 1. The normalized spacial score (nSPS) is 13.0. The van der Waals surface area contributed by atoms with E-state index in [0.717, 1.165) is 11.1 Å². The molecule has 0 aliphatic carbocycles. The number of rotatable bonds is 6. The highest BCUT2D eigenvalue weighted by Gasteiger charge is 2.24. The lowest BCUT2D eigenvalue weighted by molar-refractivity contribution is -0.132. The molecule has 0 spiro atoms. The summed E-state index contributed by atoms with van der Waals surface area (Å²) in [5, 5.41) is 19.6. The summed E-state index contributed by atoms with van der Waals surface area (Å²) >= 11 is 0. The van der Waals surface area contributed by atoms with Gasteiger partial charge in [0, 0.05) is 17.8 Å². The monoisotopic (exact) mass is 365 g/mol. The summed E-state index contributed by atoms with van der Waals surface area (Å²) in [6.45, 7) is 1.95. The van der Waals surface area contributed by atoms with Gasteiger partial charge in [-0.3, -0.25) is 4.79 Å². The highest BCUT2D eigenvalue weighted by molar-refractivity contribution is 5.79. The Morgan fingerprint density at radius 1 is 1.07 bits per heavy atom. The molecule has 2 atom stereocenters. The van der Waals surface area contributed by atoms with Gasteiger partial charge in [0.2, 0.25) is 11.8 Å². The molecule has 2 aromatic heterocycles. The molecule has 0 radical (unpaired) electrons. The van der Waals surface area contributed by atoms with Crippen molar-refractivity contribution in [2.45, 2.75) is 19.1 Å². The van der Waals surface area contributed by atoms with Crippen molar-refractivity contribution in [1.29, 1.82) is 0 Å². The van der Waals surface area contributed by atoms with Crippen LogP contribution < -0.4 is 10.5 Å². The summed E-state index contributed by atoms with van der Waals surface area (Å²) in [6.07, 6.45) is -1.48. The predicted octanol–water partition coefficient (Wildman–Crippen LogP) is 2.12. The number of ether oxygens (including phenoxy) is 1. The summed E-state index contributed by atoms with van der Waals surface area (Å²) in [6, 6.07) is 15.8. The van der Waals surface area contributed by atoms with E-state index >= 15 is 0 Å². The van der Waals surface area contributed by atoms with Crippen LogP contribution in [0.25, 0.3) is 11.3 Å². The van der Waals surface area contributed by atoms with Gasteiger partial charge in [0.05, 0.1) is 11.4 Å². The fourth-order valence-corrected chi connectivity index (χ4v) is 2.42. The van der Waals surface area contributed by atoms with Gasteiger partial charge in [-0.25, -0.2) is 9.97 Å². The summed E-state index contributed by atoms with van der Waals surface area (Å²) in [5.41, 5.74) is 7.57. The van der Waals surface area contributed by atoms with E-state index in [4.69, 9.17) is 10.5 Å². The first-order valence-corrected chi connectivity index (χ1v) is 8.27. The molecule has 4 N–H and O–H groups in total. The molecule has 0 aliphatic heterocycles. The Labute approximate surface area is 156 Å². The van der Waals surface area contributed by atoms with Crippen LogP contribution in [-0.2, 0) is 4.79 Å². The van der Waals surface area contributed by atoms with E-state index in [0.29, 0.717) is 17.3 Å². The first-order valence-electron chi connectivity index (χ1n) is 8.27. The molecule has 1 amide bonds. The SMILES string of the molecule is Cc1ccc(Oc2ccc(-c3cccc([C@H](O)[C@@H](O)C(N)=O)n3)cc2)nc1. The van der Waals surface area contributed by atoms with Crippen LogP contribution in [-0.4, -0.2) is 32.2 Å². The summed E-state index contributed by atoms with van der Waals surface area (Å²) in [4.78, 5) is 19.5. The number of primary amides is 1. The Bertz CT molecular complexity index is 927. The van der Waals surface area contributed by atoms with Crippen LogP contribution in [0, 0.1) is 6.92 Å². The van der Waals surface area contributed by atoms with Crippen molar-refractivity contribution < 1.29 is 19.7 Å². The van der Waals surface area contributed by atoms with Gasteiger partial charge in [-0.05, 0) is 48.9 Å². The number of hydrogen-bond donors (Lipinski definition) is 3. The Kier molecular flexibility index (Phi) is 5.44. The van der Waals surface area contributed by atoms with Crippen molar-refractivity contribution in [3.05, 3.63) is 72.1 Å². The molecular weight excluding hydrogens is 346 g/mol. The minimum Gasteiger partial charge on any atom is -0.439 e. The van der Waals surface area contributed by atoms with E-state index in [1.54, 1.807) is 36.5 Å². The third-order valence-corrected chi connectivity index (χ3v) is 3.92. The average Bonchev–Trinajstić information content (AvgIpc) is 2.69. The lowest BCUT2D eigenvalue weighted by atomic mass is 10.1. The lowest BCUT2D eigenvalue weighted by Gasteiger charge is -2.15. The number of aromatic nitrogens is 2. The van der Waals surface area contributed by atoms with Crippen LogP contribution in [0.2, 0.25) is 0 Å². The minimum absolute atomic E-state index is 0.156. The van der Waals surface area contributed by atoms with Crippen molar-refractivity contribution in [3.8, 4) is 22.9 Å². The second-order valence-corrected chi connectivity index (χ2v) is 6.04. The molecule has 3 aromatic rings. The summed E-state index contributed by atoms with van der Waals surface area (Å²) in [5.74, 6) is 0.105. The molecular formula is C20H19N3O4. The maximum atomic E-state index is 11.0. The predicted molar refractivity (Wildman–Crippen MR) is 98.9 cm³/mol. The van der Waals surface area contributed by atoms with Gasteiger partial charge in [0.25, 0.3) is 0 Å². The topological polar surface area (TPSA) is 119 Å². The fraction of sp³-hybridized carbons (Fsp3) is 0.150. The molecule has 2 heterocycles. The number of benzene rings is 1. The quantitative estimate of drug-likeness (QED) is 0.616. The number of carbonyl (C=O) groups excluding carboxylic acids is 1. The molecule has 0 fully saturated rings. The second-order valence-electron chi connectivity index (χ2n) is 6.04. The van der Waals surface area contributed by atoms with Crippen molar-refractivity contribution >= 4 is 5.91 Å². The standard InChI is InChI=1S/C20H19N3O4/c1-12-5-10-17(22-11-12)27-14-8-6-13(7-9-14)15-3-2-4-16(23-15)18(24)19(25)20(21)26/h2-11,18-19,24-25H,1H3,(H2,21,26)/t18-,19+/m0/s1. The lowest BCUT2D eigenvalue weighted by Crippen LogP contribution is -2.34. The van der Waals surface area contributed by atoms with Crippen LogP contribution in [0.5, 0.6) is 11.6 Å². The molecule has 7 nitrogen and oxygen atoms in total. The number of aryl methyl sites for hydroxylation is 1. The van der Waals surface area contributed by atoms with Gasteiger partial charge in [-0.15, -0.1) is 0 Å². The van der Waals surface area contributed by atoms with Gasteiger partial charge in [-0.1, -0.05) is 12.1 Å². The molecule has 0 unspecified atom stereocenters. The number of hydrogen-bond acceptors (Lipinski definition) is 6. The van der Waals surface area contributed by atoms with Crippen LogP contribution in [0.3, 0.4) is 0 Å². The third kappa shape index (κ3) is 4.46. The number of carbonyl (C=O) groups is 1. The van der Waals surface area contributed by atoms with Crippen molar-refractivity contribution in [1.82, 2.24) is 9.97 Å². The molecule has 138 valence electrons. The van der Waals surface area contributed by atoms with E-state index in [1.165, 1.54) is 6.07 Å². The van der Waals surface area contributed by atoms with Gasteiger partial charge in [0.1, 0.15) is 11.9 Å². The van der Waals surface area contributed by atoms with Gasteiger partial charge in [-0.2, -0.15) is 0 Å². The van der Waals surface area contributed by atoms with E-state index in [2.05, 4.69) is 9.97 Å². The maximum absolute atomic E-state index is 11.0. The first-order chi connectivity index (χ1) is 12.9. The largest absolute Gasteiger partial charge is 0.439 e. The number of aliphatic hydroxyl groups excluding tert-OH is 2. The minimum atomic E-state index is -1.72. The molecule has 0 saturated carbocycles. The van der Waals surface area contributed by atoms with Crippen LogP contribution in [0.4, 0.5) is 0 Å². The molecule has 1 aromatic carbocycles. The van der Waals surface area contributed by atoms with Gasteiger partial charge < -0.3 is 20.7 Å². The van der Waals surface area contributed by atoms with Gasteiger partial charge in [0.15, 0.2) is 6.10 Å². The number of aliphatic hydroxyl groups is 2. The van der Waals surface area contributed by atoms with Gasteiger partial charge >= 0.3 is 0 Å². The molecule has 3 rings (SSSR count). The maximum Gasteiger partial charge on any atom is 0.249 e. The second kappa shape index (κ2) is 7.94. The Hall–Kier alpha value is -3.29. The zero-order valence-electron chi connectivity index (χ0n) is 14.6. The molecule has 0 saturated heterocycles. The first kappa shape index (κ1) is 18.5. The molecule has 7 heteroatoms. The fourth-order valence-electron chi connectivity index (χ4n) is 2.42. The zero-order chi connectivity index (χ0) is 19.4. The van der Waals surface area contributed by atoms with E-state index in [1.807, 2.05) is 25.1 Å². The van der Waals surface area contributed by atoms with E-state index < -0.39 is 18.1 Å². The van der Waals surface area contributed by atoms with E-state index in [-0.39, 0.29) is 5.69 Å². The Balaban J connectivity index is 1.78. The summed E-state index contributed by atoms with van der Waals surface area (Å²) in [7, 11) is 0. The Morgan fingerprint density at radius 2 is 1.81 bits per heavy atom. The number of amides is 1. The van der Waals surface area contributed by atoms with E-state index in [9.17, 15) is 15.0 Å². The van der Waals surface area contributed by atoms with Crippen molar-refractivity contribution in [2.24, 2.45) is 5.73 Å². The number of nitrogens with zero attached hydrogens (tertiary/aromatic N) is 2. The third-order valence-electron chi connectivity index (χ3n) is 3.92. The smallest absolute Gasteiger partial charge is 0.249 e. The molecule has 27 heavy (non-hydrogen) atoms. The Morgan fingerprint density at radius 3 is 2.44 bits per heavy atom. The van der Waals surface area contributed by atoms with Crippen molar-refractivity contribution in [2.75, 3.05) is 0 Å². The molecule has 0 aliphatic rings.